The van der Waals surface area contributed by atoms with Gasteiger partial charge in [0.15, 0.2) is 0 Å². The summed E-state index contributed by atoms with van der Waals surface area (Å²) in [6, 6.07) is 21.7. The maximum atomic E-state index is 4.89. The summed E-state index contributed by atoms with van der Waals surface area (Å²) in [6.45, 7) is 2.21. The Morgan fingerprint density at radius 1 is 1.04 bits per heavy atom. The van der Waals surface area contributed by atoms with Gasteiger partial charge in [0.2, 0.25) is 0 Å². The second-order valence-corrected chi connectivity index (χ2v) is 9.26. The molecular weight excluding hydrogens is 402 g/mol. The van der Waals surface area contributed by atoms with E-state index in [0.717, 1.165) is 15.0 Å². The van der Waals surface area contributed by atoms with Crippen LogP contribution in [0.3, 0.4) is 0 Å². The molecule has 4 heteroatoms. The summed E-state index contributed by atoms with van der Waals surface area (Å²) in [7, 11) is 10.5. The van der Waals surface area contributed by atoms with Gasteiger partial charge in [-0.05, 0) is 5.30 Å². The number of halogens is 2. The molecule has 0 aromatic heterocycles. The molecule has 1 aliphatic rings. The Labute approximate surface area is 168 Å². The fraction of sp³-hybridized carbons (Fsp3) is 0.0952. The molecule has 0 heterocycles. The van der Waals surface area contributed by atoms with Crippen molar-refractivity contribution in [3.63, 3.8) is 0 Å². The van der Waals surface area contributed by atoms with Crippen molar-refractivity contribution < 1.29 is 17.0 Å². The van der Waals surface area contributed by atoms with Gasteiger partial charge < -0.3 is 0 Å². The van der Waals surface area contributed by atoms with Crippen LogP contribution in [0.1, 0.15) is 12.0 Å². The van der Waals surface area contributed by atoms with Crippen LogP contribution >= 0.6 is 27.2 Å². The number of hydrogen-bond donors (Lipinski definition) is 0. The van der Waals surface area contributed by atoms with Crippen molar-refractivity contribution in [1.82, 2.24) is 0 Å². The second-order valence-electron chi connectivity index (χ2n) is 5.36. The van der Waals surface area contributed by atoms with Crippen LogP contribution in [0, 0.1) is 13.0 Å². The van der Waals surface area contributed by atoms with Crippen LogP contribution in [0.2, 0.25) is 0 Å². The molecule has 1 aliphatic carbocycles. The van der Waals surface area contributed by atoms with Gasteiger partial charge in [-0.3, -0.25) is 6.08 Å². The summed E-state index contributed by atoms with van der Waals surface area (Å²) in [5.41, 5.74) is 1.41. The average Bonchev–Trinajstić information content (AvgIpc) is 3.30. The zero-order valence-electron chi connectivity index (χ0n) is 14.0. The maximum absolute atomic E-state index is 4.89. The van der Waals surface area contributed by atoms with Gasteiger partial charge in [0.25, 0.3) is 0 Å². The van der Waals surface area contributed by atoms with Gasteiger partial charge in [0.1, 0.15) is 0 Å². The zero-order chi connectivity index (χ0) is 17.9. The Balaban J connectivity index is 0.000000235. The van der Waals surface area contributed by atoms with E-state index in [9.17, 15) is 0 Å². The molecule has 25 heavy (non-hydrogen) atoms. The molecule has 0 saturated heterocycles. The van der Waals surface area contributed by atoms with Crippen molar-refractivity contribution in [2.45, 2.75) is 13.3 Å². The van der Waals surface area contributed by atoms with E-state index in [0.29, 0.717) is 0 Å². The van der Waals surface area contributed by atoms with E-state index < -0.39 is 17.0 Å². The Bertz CT molecular complexity index is 812. The molecule has 0 saturated carbocycles. The monoisotopic (exact) mass is 420 g/mol. The first-order chi connectivity index (χ1) is 12.3. The van der Waals surface area contributed by atoms with Gasteiger partial charge in [0, 0.05) is 0 Å². The third-order valence-corrected chi connectivity index (χ3v) is 5.16. The van der Waals surface area contributed by atoms with Crippen LogP contribution in [0.15, 0.2) is 78.9 Å². The third-order valence-electron chi connectivity index (χ3n) is 3.63. The fourth-order valence-corrected chi connectivity index (χ4v) is 3.82. The predicted molar refractivity (Wildman–Crippen MR) is 112 cm³/mol. The molecule has 1 atom stereocenters. The van der Waals surface area contributed by atoms with Gasteiger partial charge >= 0.3 is 35.6 Å². The minimum atomic E-state index is -0.556. The summed E-state index contributed by atoms with van der Waals surface area (Å²) in [5.74, 6) is 0. The Hall–Kier alpha value is -0.746. The SMILES string of the molecule is Cc1[cH-]c2ccccc2c1Pc1ccccc1.[C-]1=CC=CC1.[Cl][Ti][Cl]. The van der Waals surface area contributed by atoms with Gasteiger partial charge in [-0.15, -0.1) is 60.9 Å². The van der Waals surface area contributed by atoms with E-state index in [1.807, 2.05) is 12.2 Å². The summed E-state index contributed by atoms with van der Waals surface area (Å²) in [4.78, 5) is 0. The number of benzene rings is 2. The van der Waals surface area contributed by atoms with Crippen LogP contribution in [-0.2, 0) is 17.0 Å². The molecule has 0 amide bonds. The number of fused-ring (bicyclic) bond motifs is 1. The van der Waals surface area contributed by atoms with Gasteiger partial charge in [-0.25, -0.2) is 12.2 Å². The first kappa shape index (κ1) is 20.6. The van der Waals surface area contributed by atoms with Crippen LogP contribution in [0.4, 0.5) is 0 Å². The van der Waals surface area contributed by atoms with Gasteiger partial charge in [-0.2, -0.15) is 6.08 Å². The predicted octanol–water partition coefficient (Wildman–Crippen LogP) is 6.18. The normalized spacial score (nSPS) is 12.0. The summed E-state index contributed by atoms with van der Waals surface area (Å²) >= 11 is -0.556. The second kappa shape index (κ2) is 11.8. The minimum absolute atomic E-state index is 0.556. The topological polar surface area (TPSA) is 0 Å². The van der Waals surface area contributed by atoms with Crippen LogP contribution in [0.25, 0.3) is 10.8 Å². The van der Waals surface area contributed by atoms with E-state index >= 15 is 0 Å². The zero-order valence-corrected chi connectivity index (χ0v) is 18.0. The first-order valence-electron chi connectivity index (χ1n) is 7.91. The fourth-order valence-electron chi connectivity index (χ4n) is 2.54. The molecule has 128 valence electrons. The average molecular weight is 421 g/mol. The summed E-state index contributed by atoms with van der Waals surface area (Å²) in [6.07, 6.45) is 10.0. The molecule has 3 aromatic carbocycles. The number of allylic oxidation sites excluding steroid dienone is 4. The molecule has 0 aliphatic heterocycles. The van der Waals surface area contributed by atoms with E-state index in [4.69, 9.17) is 18.6 Å². The molecule has 0 fully saturated rings. The molecule has 0 N–H and O–H groups in total. The van der Waals surface area contributed by atoms with Crippen LogP contribution in [0.5, 0.6) is 0 Å². The van der Waals surface area contributed by atoms with E-state index in [2.05, 4.69) is 79.7 Å². The van der Waals surface area contributed by atoms with Gasteiger partial charge in [-0.1, -0.05) is 43.3 Å². The molecular formula is C21H19Cl2PTi-2. The van der Waals surface area contributed by atoms with Crippen molar-refractivity contribution in [3.8, 4) is 0 Å². The van der Waals surface area contributed by atoms with Crippen molar-refractivity contribution in [2.75, 3.05) is 0 Å². The summed E-state index contributed by atoms with van der Waals surface area (Å²) < 4.78 is 0. The standard InChI is InChI=1S/C16H14P.C5H5.2ClH.Ti/c1-12-11-13-7-5-6-10-15(13)16(12)17-14-8-3-2-4-9-14;1-2-4-5-3-1;;;/h2-11,17H,1H3;1-3H,4H2;2*1H;/q2*-1;;;+2/p-2. The molecule has 1 unspecified atom stereocenters. The molecule has 0 nitrogen and oxygen atoms in total. The third kappa shape index (κ3) is 6.82. The van der Waals surface area contributed by atoms with E-state index in [-0.39, 0.29) is 0 Å². The summed E-state index contributed by atoms with van der Waals surface area (Å²) in [5, 5.41) is 5.68. The Morgan fingerprint density at radius 2 is 1.72 bits per heavy atom. The number of rotatable bonds is 2. The van der Waals surface area contributed by atoms with Gasteiger partial charge in [0.05, 0.1) is 0 Å². The molecule has 4 rings (SSSR count). The van der Waals surface area contributed by atoms with Crippen molar-refractivity contribution in [1.29, 1.82) is 0 Å². The van der Waals surface area contributed by atoms with Crippen molar-refractivity contribution in [2.24, 2.45) is 0 Å². The molecule has 0 radical (unpaired) electrons. The van der Waals surface area contributed by atoms with Crippen molar-refractivity contribution >= 4 is 48.6 Å². The van der Waals surface area contributed by atoms with Crippen LogP contribution in [-0.4, -0.2) is 0 Å². The number of aryl methyl sites for hydroxylation is 1. The quantitative estimate of drug-likeness (QED) is 0.264. The molecule has 3 aromatic rings. The van der Waals surface area contributed by atoms with Crippen LogP contribution < -0.4 is 10.6 Å². The molecule has 0 bridgehead atoms. The van der Waals surface area contributed by atoms with E-state index in [1.54, 1.807) is 0 Å². The first-order valence-corrected chi connectivity index (χ1v) is 13.2. The van der Waals surface area contributed by atoms with Crippen molar-refractivity contribution in [3.05, 3.63) is 90.5 Å². The van der Waals surface area contributed by atoms with E-state index in [1.165, 1.54) is 26.9 Å². The molecule has 0 spiro atoms. The number of hydrogen-bond acceptors (Lipinski definition) is 0. The Morgan fingerprint density at radius 3 is 2.32 bits per heavy atom. The Kier molecular flexibility index (Phi) is 9.70.